The molecule has 0 aliphatic heterocycles. The first-order valence-corrected chi connectivity index (χ1v) is 9.20. The molecule has 0 saturated heterocycles. The monoisotopic (exact) mass is 395 g/mol. The zero-order valence-electron chi connectivity index (χ0n) is 14.6. The van der Waals surface area contributed by atoms with Gasteiger partial charge in [0.15, 0.2) is 5.16 Å². The van der Waals surface area contributed by atoms with E-state index in [1.54, 1.807) is 16.7 Å². The quantitative estimate of drug-likeness (QED) is 0.283. The van der Waals surface area contributed by atoms with Crippen LogP contribution in [0.15, 0.2) is 58.1 Å². The summed E-state index contributed by atoms with van der Waals surface area (Å²) in [5.41, 5.74) is 2.06. The molecular formula is C18H13N5O4S. The van der Waals surface area contributed by atoms with Crippen molar-refractivity contribution in [1.82, 2.24) is 19.7 Å². The van der Waals surface area contributed by atoms with Crippen LogP contribution < -0.4 is 0 Å². The van der Waals surface area contributed by atoms with Crippen LogP contribution in [0.25, 0.3) is 22.5 Å². The number of nitro groups is 1. The van der Waals surface area contributed by atoms with Crippen LogP contribution in [0.1, 0.15) is 17.6 Å². The maximum absolute atomic E-state index is 12.0. The van der Waals surface area contributed by atoms with Crippen molar-refractivity contribution in [3.05, 3.63) is 64.5 Å². The highest BCUT2D eigenvalue weighted by Crippen LogP contribution is 2.28. The molecule has 0 fully saturated rings. The van der Waals surface area contributed by atoms with Crippen LogP contribution in [-0.4, -0.2) is 30.6 Å². The third kappa shape index (κ3) is 3.37. The summed E-state index contributed by atoms with van der Waals surface area (Å²) in [5, 5.41) is 19.3. The van der Waals surface area contributed by atoms with Crippen LogP contribution in [0, 0.1) is 10.1 Å². The maximum Gasteiger partial charge on any atom is 0.269 e. The van der Waals surface area contributed by atoms with Gasteiger partial charge in [0.1, 0.15) is 0 Å². The van der Waals surface area contributed by atoms with E-state index in [9.17, 15) is 14.9 Å². The Kier molecular flexibility index (Phi) is 4.62. The SMILES string of the molecule is CC(=O)n1c(SCc2nnc(-c3ccc([N+](=O)[O-])cc3)o2)nc2ccccc21. The lowest BCUT2D eigenvalue weighted by Gasteiger charge is -2.02. The Balaban J connectivity index is 1.54. The van der Waals surface area contributed by atoms with Gasteiger partial charge in [0.25, 0.3) is 5.69 Å². The van der Waals surface area contributed by atoms with Crippen LogP contribution in [0.2, 0.25) is 0 Å². The molecule has 28 heavy (non-hydrogen) atoms. The Bertz CT molecular complexity index is 1180. The van der Waals surface area contributed by atoms with Crippen LogP contribution in [-0.2, 0) is 5.75 Å². The van der Waals surface area contributed by atoms with Gasteiger partial charge in [-0.25, -0.2) is 4.98 Å². The van der Waals surface area contributed by atoms with E-state index in [0.29, 0.717) is 22.4 Å². The Morgan fingerprint density at radius 3 is 2.64 bits per heavy atom. The minimum absolute atomic E-state index is 0.0119. The van der Waals surface area contributed by atoms with Crippen molar-refractivity contribution in [3.63, 3.8) is 0 Å². The molecule has 0 aliphatic rings. The van der Waals surface area contributed by atoms with Crippen LogP contribution in [0.4, 0.5) is 5.69 Å². The van der Waals surface area contributed by atoms with Gasteiger partial charge in [0.05, 0.1) is 21.7 Å². The number of rotatable bonds is 5. The van der Waals surface area contributed by atoms with Crippen LogP contribution >= 0.6 is 11.8 Å². The molecule has 2 aromatic heterocycles. The van der Waals surface area contributed by atoms with E-state index in [-0.39, 0.29) is 17.5 Å². The molecule has 0 unspecified atom stereocenters. The van der Waals surface area contributed by atoms with Gasteiger partial charge in [-0.3, -0.25) is 19.5 Å². The van der Waals surface area contributed by atoms with Gasteiger partial charge < -0.3 is 4.42 Å². The van der Waals surface area contributed by atoms with Gasteiger partial charge in [-0.1, -0.05) is 23.9 Å². The van der Waals surface area contributed by atoms with Crippen molar-refractivity contribution in [2.75, 3.05) is 0 Å². The third-order valence-electron chi connectivity index (χ3n) is 3.96. The van der Waals surface area contributed by atoms with Gasteiger partial charge in [-0.2, -0.15) is 0 Å². The number of carbonyl (C=O) groups is 1. The minimum Gasteiger partial charge on any atom is -0.420 e. The molecule has 140 valence electrons. The van der Waals surface area contributed by atoms with Crippen LogP contribution in [0.3, 0.4) is 0 Å². The second kappa shape index (κ2) is 7.24. The number of para-hydroxylation sites is 2. The number of carbonyl (C=O) groups excluding carboxylic acids is 1. The number of non-ortho nitro benzene ring substituents is 1. The molecule has 0 spiro atoms. The van der Waals surface area contributed by atoms with Crippen molar-refractivity contribution in [3.8, 4) is 11.5 Å². The van der Waals surface area contributed by atoms with E-state index in [1.165, 1.54) is 30.8 Å². The van der Waals surface area contributed by atoms with Crippen molar-refractivity contribution < 1.29 is 14.1 Å². The van der Waals surface area contributed by atoms with E-state index in [4.69, 9.17) is 4.42 Å². The van der Waals surface area contributed by atoms with Gasteiger partial charge in [-0.05, 0) is 24.3 Å². The molecule has 0 bridgehead atoms. The van der Waals surface area contributed by atoms with E-state index in [2.05, 4.69) is 15.2 Å². The summed E-state index contributed by atoms with van der Waals surface area (Å²) in [5.74, 6) is 0.829. The Hall–Kier alpha value is -3.53. The lowest BCUT2D eigenvalue weighted by atomic mass is 10.2. The number of benzene rings is 2. The van der Waals surface area contributed by atoms with Gasteiger partial charge in [-0.15, -0.1) is 10.2 Å². The molecule has 10 heteroatoms. The summed E-state index contributed by atoms with van der Waals surface area (Å²) in [6.45, 7) is 1.48. The second-order valence-corrected chi connectivity index (χ2v) is 6.77. The topological polar surface area (TPSA) is 117 Å². The number of nitro benzene ring substituents is 1. The number of hydrogen-bond acceptors (Lipinski definition) is 8. The summed E-state index contributed by atoms with van der Waals surface area (Å²) < 4.78 is 7.18. The Morgan fingerprint density at radius 2 is 1.93 bits per heavy atom. The lowest BCUT2D eigenvalue weighted by molar-refractivity contribution is -0.384. The molecule has 4 rings (SSSR count). The zero-order valence-corrected chi connectivity index (χ0v) is 15.4. The van der Waals surface area contributed by atoms with E-state index >= 15 is 0 Å². The summed E-state index contributed by atoms with van der Waals surface area (Å²) in [6, 6.07) is 13.3. The smallest absolute Gasteiger partial charge is 0.269 e. The van der Waals surface area contributed by atoms with Gasteiger partial charge in [0, 0.05) is 24.6 Å². The average Bonchev–Trinajstić information content (AvgIpc) is 3.30. The predicted octanol–water partition coefficient (Wildman–Crippen LogP) is 3.95. The fourth-order valence-electron chi connectivity index (χ4n) is 2.69. The molecule has 2 heterocycles. The highest BCUT2D eigenvalue weighted by molar-refractivity contribution is 7.98. The normalized spacial score (nSPS) is 11.0. The number of hydrogen-bond donors (Lipinski definition) is 0. The lowest BCUT2D eigenvalue weighted by Crippen LogP contribution is -2.06. The van der Waals surface area contributed by atoms with Crippen LogP contribution in [0.5, 0.6) is 0 Å². The molecule has 4 aromatic rings. The molecule has 0 saturated carbocycles. The fraction of sp³-hybridized carbons (Fsp3) is 0.111. The number of thioether (sulfide) groups is 1. The first-order chi connectivity index (χ1) is 13.5. The summed E-state index contributed by atoms with van der Waals surface area (Å²) in [6.07, 6.45) is 0. The summed E-state index contributed by atoms with van der Waals surface area (Å²) in [7, 11) is 0. The standard InChI is InChI=1S/C18H13N5O4S/c1-11(24)22-15-5-3-2-4-14(15)19-18(22)28-10-16-20-21-17(27-16)12-6-8-13(9-7-12)23(25)26/h2-9H,10H2,1H3. The highest BCUT2D eigenvalue weighted by atomic mass is 32.2. The first-order valence-electron chi connectivity index (χ1n) is 8.21. The fourth-order valence-corrected chi connectivity index (χ4v) is 3.57. The number of aromatic nitrogens is 4. The number of nitrogens with zero attached hydrogens (tertiary/aromatic N) is 5. The molecule has 0 aliphatic carbocycles. The predicted molar refractivity (Wildman–Crippen MR) is 102 cm³/mol. The van der Waals surface area contributed by atoms with Crippen molar-refractivity contribution in [2.24, 2.45) is 0 Å². The third-order valence-corrected chi connectivity index (χ3v) is 4.88. The highest BCUT2D eigenvalue weighted by Gasteiger charge is 2.16. The van der Waals surface area contributed by atoms with Crippen molar-refractivity contribution in [2.45, 2.75) is 17.8 Å². The number of fused-ring (bicyclic) bond motifs is 1. The summed E-state index contributed by atoms with van der Waals surface area (Å²) >= 11 is 1.31. The molecule has 0 amide bonds. The molecule has 2 aromatic carbocycles. The molecule has 0 atom stereocenters. The Morgan fingerprint density at radius 1 is 1.18 bits per heavy atom. The van der Waals surface area contributed by atoms with E-state index in [0.717, 1.165) is 11.0 Å². The minimum atomic E-state index is -0.471. The van der Waals surface area contributed by atoms with E-state index in [1.807, 2.05) is 24.3 Å². The summed E-state index contributed by atoms with van der Waals surface area (Å²) in [4.78, 5) is 26.8. The molecule has 9 nitrogen and oxygen atoms in total. The number of imidazole rings is 1. The maximum atomic E-state index is 12.0. The van der Waals surface area contributed by atoms with Crippen molar-refractivity contribution in [1.29, 1.82) is 0 Å². The van der Waals surface area contributed by atoms with Gasteiger partial charge >= 0.3 is 0 Å². The largest absolute Gasteiger partial charge is 0.420 e. The zero-order chi connectivity index (χ0) is 19.7. The first kappa shape index (κ1) is 17.9. The average molecular weight is 395 g/mol. The van der Waals surface area contributed by atoms with Crippen molar-refractivity contribution >= 4 is 34.4 Å². The Labute approximate surface area is 162 Å². The van der Waals surface area contributed by atoms with E-state index < -0.39 is 4.92 Å². The second-order valence-electron chi connectivity index (χ2n) is 5.83. The molecular weight excluding hydrogens is 382 g/mol. The molecule has 0 N–H and O–H groups in total. The van der Waals surface area contributed by atoms with Gasteiger partial charge in [0.2, 0.25) is 17.7 Å². The molecule has 0 radical (unpaired) electrons.